The number of amides is 1. The van der Waals surface area contributed by atoms with Crippen LogP contribution >= 0.6 is 15.9 Å². The summed E-state index contributed by atoms with van der Waals surface area (Å²) in [5.74, 6) is 2.10. The molecule has 3 aromatic carbocycles. The summed E-state index contributed by atoms with van der Waals surface area (Å²) in [5, 5.41) is 49.2. The molecule has 368 valence electrons. The fourth-order valence-electron chi connectivity index (χ4n) is 7.62. The third kappa shape index (κ3) is 13.1. The number of imidazole rings is 2. The summed E-state index contributed by atoms with van der Waals surface area (Å²) in [4.78, 5) is 34.3. The minimum absolute atomic E-state index is 0.0598. The van der Waals surface area contributed by atoms with Crippen molar-refractivity contribution < 1.29 is 34.4 Å². The van der Waals surface area contributed by atoms with Crippen LogP contribution in [0.1, 0.15) is 105 Å². The SMILES string of the molecule is Cc1cc(-c2cnc3c(NCC(C)(C)O)cc(Br)nn23)ccc1C(=O)CC1CC1.Cc1cc(-c2cnc3c(NCC(C)(C)O)cc(Oc4cccc(OCC(C)(C)O)c4)nn23)ccc1C(=O)NC1CC1. The van der Waals surface area contributed by atoms with Crippen LogP contribution in [0, 0.1) is 19.8 Å². The van der Waals surface area contributed by atoms with E-state index in [1.54, 1.807) is 93.3 Å². The van der Waals surface area contributed by atoms with E-state index in [-0.39, 0.29) is 30.9 Å². The molecule has 1 amide bonds. The third-order valence-electron chi connectivity index (χ3n) is 11.6. The van der Waals surface area contributed by atoms with E-state index in [0.29, 0.717) is 63.4 Å². The number of anilines is 2. The molecular weight excluding hydrogens is 955 g/mol. The highest BCUT2D eigenvalue weighted by molar-refractivity contribution is 9.10. The normalized spacial score (nSPS) is 14.0. The number of aryl methyl sites for hydroxylation is 2. The lowest BCUT2D eigenvalue weighted by molar-refractivity contribution is 0.0284. The molecule has 9 rings (SSSR count). The molecule has 0 spiro atoms. The largest absolute Gasteiger partial charge is 0.490 e. The molecule has 2 fully saturated rings. The Balaban J connectivity index is 0.000000200. The Morgan fingerprint density at radius 3 is 1.80 bits per heavy atom. The van der Waals surface area contributed by atoms with Gasteiger partial charge in [-0.1, -0.05) is 24.3 Å². The first-order valence-corrected chi connectivity index (χ1v) is 24.4. The van der Waals surface area contributed by atoms with E-state index < -0.39 is 16.8 Å². The lowest BCUT2D eigenvalue weighted by atomic mass is 9.98. The Hall–Kier alpha value is -6.40. The van der Waals surface area contributed by atoms with E-state index in [0.717, 1.165) is 57.7 Å². The molecule has 0 radical (unpaired) electrons. The Kier molecular flexibility index (Phi) is 14.4. The van der Waals surface area contributed by atoms with Gasteiger partial charge < -0.3 is 40.7 Å². The molecular formula is C53H62BrN9O7. The molecule has 7 aromatic rings. The van der Waals surface area contributed by atoms with Gasteiger partial charge in [0.2, 0.25) is 5.88 Å². The third-order valence-corrected chi connectivity index (χ3v) is 12.0. The second kappa shape index (κ2) is 20.1. The van der Waals surface area contributed by atoms with Crippen LogP contribution in [0.5, 0.6) is 17.4 Å². The molecule has 0 aliphatic heterocycles. The van der Waals surface area contributed by atoms with E-state index >= 15 is 0 Å². The van der Waals surface area contributed by atoms with Crippen molar-refractivity contribution in [3.8, 4) is 39.9 Å². The van der Waals surface area contributed by atoms with Gasteiger partial charge in [-0.15, -0.1) is 5.10 Å². The summed E-state index contributed by atoms with van der Waals surface area (Å²) < 4.78 is 16.0. The molecule has 0 bridgehead atoms. The van der Waals surface area contributed by atoms with Gasteiger partial charge in [-0.05, 0) is 150 Å². The molecule has 0 saturated heterocycles. The summed E-state index contributed by atoms with van der Waals surface area (Å²) in [6.45, 7) is 15.0. The highest BCUT2D eigenvalue weighted by Crippen LogP contribution is 2.35. The number of aromatic nitrogens is 6. The summed E-state index contributed by atoms with van der Waals surface area (Å²) >= 11 is 3.46. The van der Waals surface area contributed by atoms with Crippen LogP contribution in [0.3, 0.4) is 0 Å². The van der Waals surface area contributed by atoms with Crippen molar-refractivity contribution in [2.45, 2.75) is 110 Å². The van der Waals surface area contributed by atoms with Gasteiger partial charge in [0.05, 0.1) is 52.0 Å². The number of nitrogens with zero attached hydrogens (tertiary/aromatic N) is 6. The molecule has 17 heteroatoms. The van der Waals surface area contributed by atoms with E-state index in [1.807, 2.05) is 56.3 Å². The van der Waals surface area contributed by atoms with Crippen molar-refractivity contribution in [3.05, 3.63) is 112 Å². The van der Waals surface area contributed by atoms with E-state index in [1.165, 1.54) is 12.8 Å². The highest BCUT2D eigenvalue weighted by atomic mass is 79.9. The van der Waals surface area contributed by atoms with Gasteiger partial charge >= 0.3 is 0 Å². The lowest BCUT2D eigenvalue weighted by Gasteiger charge is -2.19. The van der Waals surface area contributed by atoms with Crippen LogP contribution in [-0.2, 0) is 0 Å². The number of ether oxygens (including phenoxy) is 2. The van der Waals surface area contributed by atoms with Crippen LogP contribution in [0.15, 0.2) is 89.8 Å². The van der Waals surface area contributed by atoms with Crippen molar-refractivity contribution in [2.24, 2.45) is 5.92 Å². The number of ketones is 1. The van der Waals surface area contributed by atoms with Crippen molar-refractivity contribution in [3.63, 3.8) is 0 Å². The first kappa shape index (κ1) is 50.0. The highest BCUT2D eigenvalue weighted by Gasteiger charge is 2.27. The van der Waals surface area contributed by atoms with Crippen molar-refractivity contribution in [2.75, 3.05) is 30.3 Å². The smallest absolute Gasteiger partial charge is 0.251 e. The number of fused-ring (bicyclic) bond motifs is 2. The molecule has 70 heavy (non-hydrogen) atoms. The maximum atomic E-state index is 12.6. The maximum Gasteiger partial charge on any atom is 0.251 e. The predicted octanol–water partition coefficient (Wildman–Crippen LogP) is 9.35. The van der Waals surface area contributed by atoms with Crippen LogP contribution in [0.25, 0.3) is 33.8 Å². The zero-order chi connectivity index (χ0) is 50.1. The molecule has 2 aliphatic rings. The van der Waals surface area contributed by atoms with Crippen molar-refractivity contribution in [1.29, 1.82) is 0 Å². The number of hydrogen-bond acceptors (Lipinski definition) is 13. The van der Waals surface area contributed by atoms with E-state index in [9.17, 15) is 24.9 Å². The zero-order valence-corrected chi connectivity index (χ0v) is 42.5. The van der Waals surface area contributed by atoms with Gasteiger partial charge in [0.25, 0.3) is 5.91 Å². The number of Topliss-reactive ketones (excluding diaryl/α,β-unsaturated/α-hetero) is 1. The number of halogens is 1. The number of benzene rings is 3. The molecule has 4 aromatic heterocycles. The van der Waals surface area contributed by atoms with Gasteiger partial charge in [0.1, 0.15) is 22.7 Å². The lowest BCUT2D eigenvalue weighted by Crippen LogP contribution is -2.29. The standard InChI is InChI=1S/C31H37N5O5.C22H25BrN4O2/c1-19-13-20(9-12-24(19)29(37)34-21-10-11-21)26-16-32-28-25(33-17-30(2,3)38)15-27(35-36(26)28)41-23-8-6-7-22(14-23)40-18-31(4,5)39;1-13-8-15(6-7-16(13)19(28)9-14-4-5-14)18-11-24-21-17(25-12-22(2,3)29)10-20(23)26-27(18)21/h6-9,12-16,21,33,38-39H,10-11,17-18H2,1-5H3,(H,34,37);6-8,10-11,14,25,29H,4-5,9,12H2,1-3H3. The Labute approximate surface area is 416 Å². The Bertz CT molecular complexity index is 3050. The predicted molar refractivity (Wildman–Crippen MR) is 274 cm³/mol. The van der Waals surface area contributed by atoms with Crippen LogP contribution in [-0.4, -0.2) is 98.7 Å². The van der Waals surface area contributed by atoms with Crippen LogP contribution < -0.4 is 25.4 Å². The number of hydrogen-bond donors (Lipinski definition) is 6. The second-order valence-corrected chi connectivity index (χ2v) is 21.2. The number of aliphatic hydroxyl groups is 3. The number of carbonyl (C=O) groups is 2. The van der Waals surface area contributed by atoms with E-state index in [2.05, 4.69) is 46.9 Å². The fourth-order valence-corrected chi connectivity index (χ4v) is 8.01. The van der Waals surface area contributed by atoms with Gasteiger partial charge in [0.15, 0.2) is 17.1 Å². The number of carbonyl (C=O) groups excluding carboxylic acids is 2. The van der Waals surface area contributed by atoms with Crippen molar-refractivity contribution >= 4 is 50.3 Å². The molecule has 0 unspecified atom stereocenters. The molecule has 2 aliphatic carbocycles. The first-order chi connectivity index (χ1) is 33.1. The van der Waals surface area contributed by atoms with Gasteiger partial charge in [-0.3, -0.25) is 9.59 Å². The van der Waals surface area contributed by atoms with Crippen LogP contribution in [0.2, 0.25) is 0 Å². The molecule has 4 heterocycles. The Morgan fingerprint density at radius 1 is 0.700 bits per heavy atom. The zero-order valence-electron chi connectivity index (χ0n) is 40.9. The average molecular weight is 1020 g/mol. The first-order valence-electron chi connectivity index (χ1n) is 23.6. The van der Waals surface area contributed by atoms with Gasteiger partial charge in [0, 0.05) is 59.9 Å². The number of rotatable bonds is 18. The minimum Gasteiger partial charge on any atom is -0.490 e. The number of nitrogens with one attached hydrogen (secondary N) is 3. The summed E-state index contributed by atoms with van der Waals surface area (Å²) in [6.07, 6.45) is 8.58. The van der Waals surface area contributed by atoms with E-state index in [4.69, 9.17) is 14.6 Å². The second-order valence-electron chi connectivity index (χ2n) is 20.4. The quantitative estimate of drug-likeness (QED) is 0.0443. The average Bonchev–Trinajstić information content (AvgIpc) is 4.20. The van der Waals surface area contributed by atoms with Gasteiger partial charge in [-0.25, -0.2) is 19.0 Å². The molecule has 16 nitrogen and oxygen atoms in total. The Morgan fingerprint density at radius 2 is 1.26 bits per heavy atom. The fraction of sp³-hybridized carbons (Fsp3) is 0.396. The molecule has 0 atom stereocenters. The molecule has 6 N–H and O–H groups in total. The minimum atomic E-state index is -0.972. The topological polar surface area (TPSA) is 210 Å². The summed E-state index contributed by atoms with van der Waals surface area (Å²) in [6, 6.07) is 22.5. The van der Waals surface area contributed by atoms with Crippen molar-refractivity contribution in [1.82, 2.24) is 34.5 Å². The maximum absolute atomic E-state index is 12.6. The summed E-state index contributed by atoms with van der Waals surface area (Å²) in [7, 11) is 0. The molecule has 2 saturated carbocycles. The van der Waals surface area contributed by atoms with Gasteiger partial charge in [-0.2, -0.15) is 5.10 Å². The van der Waals surface area contributed by atoms with Crippen LogP contribution in [0.4, 0.5) is 11.4 Å². The monoisotopic (exact) mass is 1020 g/mol. The summed E-state index contributed by atoms with van der Waals surface area (Å²) in [5.41, 5.74) is 6.52.